The number of aliphatic carboxylic acids is 1. The van der Waals surface area contributed by atoms with Gasteiger partial charge >= 0.3 is 35.5 Å². The number of hydrogen-bond acceptors (Lipinski definition) is 5. The van der Waals surface area contributed by atoms with Gasteiger partial charge in [0.1, 0.15) is 0 Å². The Morgan fingerprint density at radius 1 is 1.50 bits per heavy atom. The first-order valence-corrected chi connectivity index (χ1v) is 6.21. The van der Waals surface area contributed by atoms with Crippen LogP contribution in [0, 0.1) is 0 Å². The molecule has 20 heavy (non-hydrogen) atoms. The molecule has 1 atom stereocenters. The van der Waals surface area contributed by atoms with Crippen molar-refractivity contribution in [3.63, 3.8) is 0 Å². The van der Waals surface area contributed by atoms with Crippen LogP contribution in [0.25, 0.3) is 0 Å². The van der Waals surface area contributed by atoms with Crippen LogP contribution in [0.2, 0.25) is 0 Å². The Labute approximate surface area is 141 Å². The number of carbonyl (C=O) groups is 2. The number of ether oxygens (including phenoxy) is 1. The van der Waals surface area contributed by atoms with Crippen LogP contribution in [0.15, 0.2) is 35.6 Å². The quantitative estimate of drug-likeness (QED) is 0.252. The van der Waals surface area contributed by atoms with Crippen molar-refractivity contribution in [2.45, 2.75) is 32.7 Å². The fraction of sp³-hybridized carbons (Fsp3) is 0.429. The number of allylic oxidation sites excluding steroid dienone is 4. The molecule has 0 bridgehead atoms. The average molecular weight is 287 g/mol. The summed E-state index contributed by atoms with van der Waals surface area (Å²) in [4.78, 5) is 22.4. The maximum atomic E-state index is 11.3. The standard InChI is InChI=1S/C14H19NO4.Na/c1-3-19-12(16)9-10(2)15-13(14(17)18)11-7-5-4-6-8-11;/h4-5,8-9,13,15H,3,6-7H2,1-2H3,(H,17,18);/q;+1/p-1/b10-9-;. The summed E-state index contributed by atoms with van der Waals surface area (Å²) >= 11 is 0. The van der Waals surface area contributed by atoms with Crippen molar-refractivity contribution >= 4 is 11.9 Å². The summed E-state index contributed by atoms with van der Waals surface area (Å²) in [7, 11) is 0. The third-order valence-electron chi connectivity index (χ3n) is 2.64. The molecule has 104 valence electrons. The van der Waals surface area contributed by atoms with Crippen LogP contribution in [-0.2, 0) is 14.3 Å². The minimum atomic E-state index is -1.21. The van der Waals surface area contributed by atoms with E-state index >= 15 is 0 Å². The van der Waals surface area contributed by atoms with Crippen molar-refractivity contribution in [2.24, 2.45) is 0 Å². The van der Waals surface area contributed by atoms with Gasteiger partial charge in [0.15, 0.2) is 0 Å². The van der Waals surface area contributed by atoms with Crippen molar-refractivity contribution in [2.75, 3.05) is 6.61 Å². The molecule has 0 spiro atoms. The van der Waals surface area contributed by atoms with Gasteiger partial charge in [0.05, 0.1) is 18.6 Å². The van der Waals surface area contributed by atoms with Gasteiger partial charge < -0.3 is 20.0 Å². The van der Waals surface area contributed by atoms with E-state index in [0.717, 1.165) is 5.57 Å². The molecule has 1 N–H and O–H groups in total. The maximum absolute atomic E-state index is 11.3. The number of carboxylic acid groups (broad SMARTS) is 1. The molecule has 1 aliphatic rings. The van der Waals surface area contributed by atoms with E-state index in [0.29, 0.717) is 18.5 Å². The second-order valence-corrected chi connectivity index (χ2v) is 4.17. The van der Waals surface area contributed by atoms with E-state index in [2.05, 4.69) is 5.32 Å². The fourth-order valence-electron chi connectivity index (χ4n) is 1.79. The van der Waals surface area contributed by atoms with Crippen molar-refractivity contribution in [1.82, 2.24) is 5.32 Å². The van der Waals surface area contributed by atoms with Crippen LogP contribution < -0.4 is 40.0 Å². The zero-order valence-electron chi connectivity index (χ0n) is 12.1. The molecular formula is C14H18NNaO4. The Kier molecular flexibility index (Phi) is 9.29. The summed E-state index contributed by atoms with van der Waals surface area (Å²) in [6, 6.07) is -0.921. The summed E-state index contributed by atoms with van der Waals surface area (Å²) in [6.07, 6.45) is 8.25. The summed E-state index contributed by atoms with van der Waals surface area (Å²) in [5.74, 6) is -1.71. The second-order valence-electron chi connectivity index (χ2n) is 4.17. The number of carboxylic acids is 1. The molecule has 0 heterocycles. The number of nitrogens with one attached hydrogen (secondary N) is 1. The smallest absolute Gasteiger partial charge is 0.548 e. The summed E-state index contributed by atoms with van der Waals surface area (Å²) in [6.45, 7) is 3.60. The van der Waals surface area contributed by atoms with Gasteiger partial charge in [-0.05, 0) is 32.3 Å². The second kappa shape index (κ2) is 9.80. The van der Waals surface area contributed by atoms with Gasteiger partial charge in [-0.3, -0.25) is 0 Å². The topological polar surface area (TPSA) is 78.5 Å². The molecule has 0 amide bonds. The van der Waals surface area contributed by atoms with E-state index in [1.807, 2.05) is 18.2 Å². The minimum absolute atomic E-state index is 0. The predicted octanol–water partition coefficient (Wildman–Crippen LogP) is -2.56. The van der Waals surface area contributed by atoms with E-state index in [4.69, 9.17) is 4.74 Å². The van der Waals surface area contributed by atoms with E-state index in [1.54, 1.807) is 13.8 Å². The molecule has 0 saturated carbocycles. The third kappa shape index (κ3) is 6.41. The van der Waals surface area contributed by atoms with Crippen molar-refractivity contribution in [3.05, 3.63) is 35.6 Å². The van der Waals surface area contributed by atoms with E-state index in [9.17, 15) is 14.7 Å². The molecule has 6 heteroatoms. The molecule has 5 nitrogen and oxygen atoms in total. The van der Waals surface area contributed by atoms with Gasteiger partial charge in [-0.15, -0.1) is 0 Å². The van der Waals surface area contributed by atoms with Crippen LogP contribution in [0.5, 0.6) is 0 Å². The van der Waals surface area contributed by atoms with Crippen LogP contribution >= 0.6 is 0 Å². The summed E-state index contributed by atoms with van der Waals surface area (Å²) < 4.78 is 4.76. The zero-order chi connectivity index (χ0) is 14.3. The van der Waals surface area contributed by atoms with Crippen LogP contribution in [-0.4, -0.2) is 24.6 Å². The molecular weight excluding hydrogens is 269 g/mol. The molecule has 0 aromatic carbocycles. The van der Waals surface area contributed by atoms with Gasteiger partial charge in [0.25, 0.3) is 0 Å². The molecule has 1 unspecified atom stereocenters. The normalized spacial score (nSPS) is 15.7. The van der Waals surface area contributed by atoms with Gasteiger partial charge in [-0.2, -0.15) is 0 Å². The maximum Gasteiger partial charge on any atom is 1.00 e. The van der Waals surface area contributed by atoms with Crippen molar-refractivity contribution < 1.29 is 49.0 Å². The summed E-state index contributed by atoms with van der Waals surface area (Å²) in [5.41, 5.74) is 1.17. The van der Waals surface area contributed by atoms with Gasteiger partial charge in [0, 0.05) is 11.8 Å². The number of esters is 1. The number of rotatable bonds is 6. The van der Waals surface area contributed by atoms with Gasteiger partial charge in [0.2, 0.25) is 0 Å². The molecule has 1 aliphatic carbocycles. The molecule has 0 saturated heterocycles. The van der Waals surface area contributed by atoms with Crippen molar-refractivity contribution in [1.29, 1.82) is 0 Å². The largest absolute Gasteiger partial charge is 1.00 e. The third-order valence-corrected chi connectivity index (χ3v) is 2.64. The Hall–Kier alpha value is -1.04. The number of hydrogen-bond donors (Lipinski definition) is 1. The molecule has 0 radical (unpaired) electrons. The van der Waals surface area contributed by atoms with Gasteiger partial charge in [-0.25, -0.2) is 4.79 Å². The zero-order valence-corrected chi connectivity index (χ0v) is 14.1. The van der Waals surface area contributed by atoms with E-state index in [-0.39, 0.29) is 36.2 Å². The van der Waals surface area contributed by atoms with Crippen LogP contribution in [0.4, 0.5) is 0 Å². The molecule has 0 fully saturated rings. The summed E-state index contributed by atoms with van der Waals surface area (Å²) in [5, 5.41) is 13.9. The van der Waals surface area contributed by atoms with Crippen molar-refractivity contribution in [3.8, 4) is 0 Å². The molecule has 1 rings (SSSR count). The minimum Gasteiger partial charge on any atom is -0.548 e. The average Bonchev–Trinajstić information content (AvgIpc) is 2.37. The Morgan fingerprint density at radius 2 is 2.20 bits per heavy atom. The fourth-order valence-corrected chi connectivity index (χ4v) is 1.79. The first kappa shape index (κ1) is 19.0. The Balaban J connectivity index is 0.00000361. The number of carbonyl (C=O) groups excluding carboxylic acids is 2. The predicted molar refractivity (Wildman–Crippen MR) is 68.8 cm³/mol. The van der Waals surface area contributed by atoms with Crippen LogP contribution in [0.3, 0.4) is 0 Å². The molecule has 0 aliphatic heterocycles. The first-order valence-electron chi connectivity index (χ1n) is 6.21. The molecule has 0 aromatic rings. The van der Waals surface area contributed by atoms with E-state index in [1.165, 1.54) is 6.08 Å². The first-order chi connectivity index (χ1) is 9.04. The van der Waals surface area contributed by atoms with E-state index < -0.39 is 18.0 Å². The molecule has 0 aromatic heterocycles. The SMILES string of the molecule is CCOC(=O)/C=C(/C)NC(C(=O)[O-])C1=CCC=CC1.[Na+]. The monoisotopic (exact) mass is 287 g/mol. The van der Waals surface area contributed by atoms with Crippen LogP contribution in [0.1, 0.15) is 26.7 Å². The Bertz CT molecular complexity index is 440. The Morgan fingerprint density at radius 3 is 2.70 bits per heavy atom. The van der Waals surface area contributed by atoms with Gasteiger partial charge in [-0.1, -0.05) is 18.2 Å².